The lowest BCUT2D eigenvalue weighted by atomic mass is 10.1. The van der Waals surface area contributed by atoms with E-state index in [0.717, 1.165) is 34.4 Å². The highest BCUT2D eigenvalue weighted by Gasteiger charge is 2.38. The second-order valence-corrected chi connectivity index (χ2v) is 9.43. The molecule has 1 aliphatic heterocycles. The van der Waals surface area contributed by atoms with Crippen LogP contribution in [-0.2, 0) is 17.9 Å². The van der Waals surface area contributed by atoms with Crippen molar-refractivity contribution < 1.29 is 14.4 Å². The summed E-state index contributed by atoms with van der Waals surface area (Å²) < 4.78 is 0. The van der Waals surface area contributed by atoms with Crippen LogP contribution in [0.3, 0.4) is 0 Å². The van der Waals surface area contributed by atoms with Gasteiger partial charge in [0.1, 0.15) is 0 Å². The van der Waals surface area contributed by atoms with E-state index in [-0.39, 0.29) is 23.8 Å². The fourth-order valence-electron chi connectivity index (χ4n) is 4.07. The number of halogens is 1. The average Bonchev–Trinajstić information content (AvgIpc) is 3.21. The number of allylic oxidation sites excluding steroid dienone is 1. The van der Waals surface area contributed by atoms with Crippen molar-refractivity contribution in [3.8, 4) is 0 Å². The molecule has 2 heterocycles. The zero-order valence-corrected chi connectivity index (χ0v) is 18.9. The number of hydrogen-bond acceptors (Lipinski definition) is 4. The normalized spacial score (nSPS) is 18.7. The summed E-state index contributed by atoms with van der Waals surface area (Å²) in [5.74, 6) is -0.0254. The lowest BCUT2D eigenvalue weighted by Crippen LogP contribution is -2.40. The number of carbonyl (C=O) groups excluding carboxylic acids is 3. The van der Waals surface area contributed by atoms with Crippen LogP contribution in [0.5, 0.6) is 0 Å². The van der Waals surface area contributed by atoms with E-state index in [2.05, 4.69) is 17.2 Å². The van der Waals surface area contributed by atoms with E-state index in [1.54, 1.807) is 17.0 Å². The number of rotatable bonds is 4. The van der Waals surface area contributed by atoms with Crippen LogP contribution in [0.2, 0.25) is 5.02 Å². The van der Waals surface area contributed by atoms with E-state index < -0.39 is 0 Å². The van der Waals surface area contributed by atoms with Gasteiger partial charge in [-0.15, -0.1) is 11.3 Å². The summed E-state index contributed by atoms with van der Waals surface area (Å²) in [6, 6.07) is 4.60. The highest BCUT2D eigenvalue weighted by molar-refractivity contribution is 7.10. The number of amides is 3. The Kier molecular flexibility index (Phi) is 6.16. The van der Waals surface area contributed by atoms with Gasteiger partial charge in [-0.25, -0.2) is 4.79 Å². The van der Waals surface area contributed by atoms with E-state index in [4.69, 9.17) is 11.6 Å². The molecule has 1 saturated carbocycles. The maximum Gasteiger partial charge on any atom is 0.319 e. The molecule has 1 fully saturated rings. The summed E-state index contributed by atoms with van der Waals surface area (Å²) in [5, 5.41) is 8.02. The molecule has 1 aromatic heterocycles. The average molecular weight is 458 g/mol. The maximum atomic E-state index is 12.9. The Morgan fingerprint density at radius 1 is 1.35 bits per heavy atom. The van der Waals surface area contributed by atoms with Crippen LogP contribution in [0.15, 0.2) is 35.7 Å². The van der Waals surface area contributed by atoms with Crippen LogP contribution in [0.25, 0.3) is 0 Å². The Balaban J connectivity index is 1.40. The molecule has 6 nitrogen and oxygen atoms in total. The van der Waals surface area contributed by atoms with Gasteiger partial charge in [0.2, 0.25) is 0 Å². The van der Waals surface area contributed by atoms with Crippen molar-refractivity contribution >= 4 is 46.3 Å². The summed E-state index contributed by atoms with van der Waals surface area (Å²) in [6.45, 7) is 6.56. The van der Waals surface area contributed by atoms with Gasteiger partial charge in [0, 0.05) is 33.9 Å². The van der Waals surface area contributed by atoms with E-state index in [0.29, 0.717) is 42.2 Å². The minimum atomic E-state index is -0.389. The largest absolute Gasteiger partial charge is 0.333 e. The van der Waals surface area contributed by atoms with Gasteiger partial charge in [-0.2, -0.15) is 0 Å². The van der Waals surface area contributed by atoms with Crippen molar-refractivity contribution in [2.45, 2.75) is 51.7 Å². The SMILES string of the molecule is C=C1CCCC(N2Cc3c(csc3CNC(=O)Nc3ccc(C)c(Cl)c3)C2=O)C(=O)C1. The fraction of sp³-hybridized carbons (Fsp3) is 0.348. The zero-order chi connectivity index (χ0) is 22.1. The van der Waals surface area contributed by atoms with Crippen LogP contribution >= 0.6 is 22.9 Å². The second-order valence-electron chi connectivity index (χ2n) is 8.06. The van der Waals surface area contributed by atoms with Crippen molar-refractivity contribution in [1.82, 2.24) is 10.2 Å². The Hall–Kier alpha value is -2.64. The van der Waals surface area contributed by atoms with Crippen molar-refractivity contribution in [2.75, 3.05) is 5.32 Å². The molecule has 162 valence electrons. The molecule has 1 unspecified atom stereocenters. The van der Waals surface area contributed by atoms with Gasteiger partial charge in [-0.1, -0.05) is 29.8 Å². The summed E-state index contributed by atoms with van der Waals surface area (Å²) in [5.41, 5.74) is 4.04. The molecule has 1 atom stereocenters. The third kappa shape index (κ3) is 4.52. The fourth-order valence-corrected chi connectivity index (χ4v) is 5.22. The number of nitrogens with one attached hydrogen (secondary N) is 2. The molecule has 0 saturated heterocycles. The number of ketones is 1. The Morgan fingerprint density at radius 2 is 2.16 bits per heavy atom. The van der Waals surface area contributed by atoms with E-state index in [1.807, 2.05) is 18.4 Å². The van der Waals surface area contributed by atoms with E-state index in [9.17, 15) is 14.4 Å². The van der Waals surface area contributed by atoms with Crippen molar-refractivity contribution in [1.29, 1.82) is 0 Å². The molecule has 31 heavy (non-hydrogen) atoms. The molecule has 0 bridgehead atoms. The van der Waals surface area contributed by atoms with Gasteiger partial charge < -0.3 is 15.5 Å². The number of Topliss-reactive ketones (excluding diaryl/α,β-unsaturated/α-hetero) is 1. The van der Waals surface area contributed by atoms with Gasteiger partial charge in [0.05, 0.1) is 18.2 Å². The van der Waals surface area contributed by atoms with Crippen LogP contribution in [0.1, 0.15) is 52.0 Å². The van der Waals surface area contributed by atoms with Crippen molar-refractivity contribution in [3.63, 3.8) is 0 Å². The number of hydrogen-bond donors (Lipinski definition) is 2. The monoisotopic (exact) mass is 457 g/mol. The van der Waals surface area contributed by atoms with Crippen LogP contribution in [0.4, 0.5) is 10.5 Å². The Morgan fingerprint density at radius 3 is 2.94 bits per heavy atom. The molecule has 8 heteroatoms. The van der Waals surface area contributed by atoms with Crippen LogP contribution in [-0.4, -0.2) is 28.7 Å². The molecule has 1 aromatic carbocycles. The Labute approximate surface area is 190 Å². The Bertz CT molecular complexity index is 1080. The minimum Gasteiger partial charge on any atom is -0.333 e. The predicted molar refractivity (Wildman–Crippen MR) is 123 cm³/mol. The highest BCUT2D eigenvalue weighted by atomic mass is 35.5. The van der Waals surface area contributed by atoms with Crippen LogP contribution < -0.4 is 10.6 Å². The van der Waals surface area contributed by atoms with Crippen molar-refractivity contribution in [2.24, 2.45) is 0 Å². The molecule has 2 aromatic rings. The number of thiophene rings is 1. The molecular weight excluding hydrogens is 434 g/mol. The number of nitrogens with zero attached hydrogens (tertiary/aromatic N) is 1. The summed E-state index contributed by atoms with van der Waals surface area (Å²) >= 11 is 7.56. The topological polar surface area (TPSA) is 78.5 Å². The van der Waals surface area contributed by atoms with Gasteiger partial charge in [0.25, 0.3) is 5.91 Å². The first kappa shape index (κ1) is 21.6. The summed E-state index contributed by atoms with van der Waals surface area (Å²) in [7, 11) is 0. The van der Waals surface area contributed by atoms with Crippen molar-refractivity contribution in [3.05, 3.63) is 62.3 Å². The summed E-state index contributed by atoms with van der Waals surface area (Å²) in [6.07, 6.45) is 2.72. The van der Waals surface area contributed by atoms with Gasteiger partial charge in [0.15, 0.2) is 5.78 Å². The first-order valence-electron chi connectivity index (χ1n) is 10.2. The number of fused-ring (bicyclic) bond motifs is 1. The van der Waals surface area contributed by atoms with Gasteiger partial charge >= 0.3 is 6.03 Å². The molecular formula is C23H24ClN3O3S. The number of carbonyl (C=O) groups is 3. The number of aryl methyl sites for hydroxylation is 1. The predicted octanol–water partition coefficient (Wildman–Crippen LogP) is 5.06. The molecule has 1 aliphatic carbocycles. The molecule has 3 amide bonds. The van der Waals surface area contributed by atoms with E-state index >= 15 is 0 Å². The van der Waals surface area contributed by atoms with E-state index in [1.165, 1.54) is 11.3 Å². The third-order valence-corrected chi connectivity index (χ3v) is 7.26. The molecule has 0 radical (unpaired) electrons. The first-order chi connectivity index (χ1) is 14.8. The number of urea groups is 1. The van der Waals surface area contributed by atoms with Gasteiger partial charge in [-0.3, -0.25) is 9.59 Å². The molecule has 2 N–H and O–H groups in total. The lowest BCUT2D eigenvalue weighted by Gasteiger charge is -2.25. The molecule has 2 aliphatic rings. The minimum absolute atomic E-state index is 0.0699. The zero-order valence-electron chi connectivity index (χ0n) is 17.3. The second kappa shape index (κ2) is 8.85. The smallest absolute Gasteiger partial charge is 0.319 e. The molecule has 0 spiro atoms. The van der Waals surface area contributed by atoms with Gasteiger partial charge in [-0.05, 0) is 49.4 Å². The maximum absolute atomic E-state index is 12.9. The number of benzene rings is 1. The summed E-state index contributed by atoms with van der Waals surface area (Å²) in [4.78, 5) is 40.5. The number of anilines is 1. The van der Waals surface area contributed by atoms with Crippen LogP contribution in [0, 0.1) is 6.92 Å². The molecule has 4 rings (SSSR count). The standard InChI is InChI=1S/C23H24ClN3O3S/c1-13-4-3-5-19(20(28)8-13)27-11-16-17(22(27)29)12-31-21(16)10-25-23(30)26-15-7-6-14(2)18(24)9-15/h6-7,9,12,19H,1,3-5,8,10-11H2,2H3,(H2,25,26,30). The lowest BCUT2D eigenvalue weighted by molar-refractivity contribution is -0.122. The third-order valence-electron chi connectivity index (χ3n) is 5.82. The highest BCUT2D eigenvalue weighted by Crippen LogP contribution is 2.35. The first-order valence-corrected chi connectivity index (χ1v) is 11.5. The quantitative estimate of drug-likeness (QED) is 0.497.